The van der Waals surface area contributed by atoms with Gasteiger partial charge in [0.05, 0.1) is 6.54 Å². The fourth-order valence-corrected chi connectivity index (χ4v) is 2.51. The lowest BCUT2D eigenvalue weighted by atomic mass is 9.94. The highest BCUT2D eigenvalue weighted by Crippen LogP contribution is 2.14. The van der Waals surface area contributed by atoms with Gasteiger partial charge in [-0.25, -0.2) is 0 Å². The lowest BCUT2D eigenvalue weighted by Crippen LogP contribution is -2.28. The van der Waals surface area contributed by atoms with Crippen LogP contribution in [0.3, 0.4) is 0 Å². The second-order valence-electron chi connectivity index (χ2n) is 4.79. The normalized spacial score (nSPS) is 12.7. The van der Waals surface area contributed by atoms with Crippen LogP contribution in [0.2, 0.25) is 0 Å². The summed E-state index contributed by atoms with van der Waals surface area (Å²) in [6.07, 6.45) is 1.56. The number of thiophene rings is 1. The summed E-state index contributed by atoms with van der Waals surface area (Å²) in [5.41, 5.74) is 5.68. The van der Waals surface area contributed by atoms with Crippen molar-refractivity contribution in [1.29, 1.82) is 0 Å². The highest BCUT2D eigenvalue weighted by molar-refractivity contribution is 7.09. The summed E-state index contributed by atoms with van der Waals surface area (Å²) in [5, 5.41) is 4.96. The van der Waals surface area contributed by atoms with Gasteiger partial charge in [0.1, 0.15) is 0 Å². The minimum atomic E-state index is 0.106. The van der Waals surface area contributed by atoms with Crippen molar-refractivity contribution in [2.45, 2.75) is 33.2 Å². The number of hydrogen-bond acceptors (Lipinski definition) is 3. The fourth-order valence-electron chi connectivity index (χ4n) is 1.86. The molecular formula is C13H22N2OS. The number of carbonyl (C=O) groups is 1. The summed E-state index contributed by atoms with van der Waals surface area (Å²) in [6.45, 7) is 5.54. The Bertz CT molecular complexity index is 322. The molecule has 0 bridgehead atoms. The molecule has 0 saturated heterocycles. The Labute approximate surface area is 107 Å². The predicted octanol–water partition coefficient (Wildman–Crippen LogP) is 2.38. The Balaban J connectivity index is 2.27. The summed E-state index contributed by atoms with van der Waals surface area (Å²) >= 11 is 1.66. The topological polar surface area (TPSA) is 55.1 Å². The summed E-state index contributed by atoms with van der Waals surface area (Å²) in [5.74, 6) is 1.00. The van der Waals surface area contributed by atoms with Gasteiger partial charge in [0.2, 0.25) is 5.91 Å². The number of nitrogens with two attached hydrogens (primary N) is 1. The third kappa shape index (κ3) is 5.84. The predicted molar refractivity (Wildman–Crippen MR) is 72.8 cm³/mol. The van der Waals surface area contributed by atoms with Crippen LogP contribution < -0.4 is 11.1 Å². The Kier molecular flexibility index (Phi) is 6.22. The second kappa shape index (κ2) is 7.45. The summed E-state index contributed by atoms with van der Waals surface area (Å²) in [7, 11) is 0. The monoisotopic (exact) mass is 254 g/mol. The van der Waals surface area contributed by atoms with E-state index in [1.165, 1.54) is 4.88 Å². The van der Waals surface area contributed by atoms with E-state index in [1.807, 2.05) is 17.5 Å². The van der Waals surface area contributed by atoms with E-state index in [1.54, 1.807) is 11.3 Å². The molecule has 1 amide bonds. The zero-order chi connectivity index (χ0) is 12.7. The van der Waals surface area contributed by atoms with E-state index in [0.717, 1.165) is 6.42 Å². The van der Waals surface area contributed by atoms with Gasteiger partial charge in [-0.05, 0) is 36.2 Å². The Hall–Kier alpha value is -0.870. The van der Waals surface area contributed by atoms with Gasteiger partial charge in [0.25, 0.3) is 0 Å². The first-order chi connectivity index (χ1) is 8.11. The van der Waals surface area contributed by atoms with E-state index in [2.05, 4.69) is 19.2 Å². The van der Waals surface area contributed by atoms with Gasteiger partial charge < -0.3 is 11.1 Å². The quantitative estimate of drug-likeness (QED) is 0.785. The maximum Gasteiger partial charge on any atom is 0.220 e. The molecule has 0 aliphatic rings. The van der Waals surface area contributed by atoms with Gasteiger partial charge in [-0.1, -0.05) is 19.9 Å². The van der Waals surface area contributed by atoms with Crippen molar-refractivity contribution >= 4 is 17.2 Å². The number of carbonyl (C=O) groups excluding carboxylic acids is 1. The maximum atomic E-state index is 11.7. The Morgan fingerprint density at radius 3 is 2.82 bits per heavy atom. The van der Waals surface area contributed by atoms with Crippen molar-refractivity contribution in [3.05, 3.63) is 22.4 Å². The van der Waals surface area contributed by atoms with Crippen molar-refractivity contribution in [2.75, 3.05) is 6.54 Å². The van der Waals surface area contributed by atoms with Gasteiger partial charge >= 0.3 is 0 Å². The van der Waals surface area contributed by atoms with Gasteiger partial charge in [-0.15, -0.1) is 11.3 Å². The number of rotatable bonds is 7. The first-order valence-electron chi connectivity index (χ1n) is 6.11. The molecule has 3 nitrogen and oxygen atoms in total. The van der Waals surface area contributed by atoms with Crippen molar-refractivity contribution in [3.8, 4) is 0 Å². The Morgan fingerprint density at radius 1 is 1.53 bits per heavy atom. The molecule has 96 valence electrons. The second-order valence-corrected chi connectivity index (χ2v) is 5.82. The molecule has 0 aromatic carbocycles. The van der Waals surface area contributed by atoms with Crippen LogP contribution in [0.4, 0.5) is 0 Å². The molecule has 4 heteroatoms. The van der Waals surface area contributed by atoms with Crippen molar-refractivity contribution in [1.82, 2.24) is 5.32 Å². The SMILES string of the molecule is CC(C)C[C@H](CN)CC(=O)NCc1cccs1. The molecule has 0 spiro atoms. The van der Waals surface area contributed by atoms with Crippen LogP contribution in [0, 0.1) is 11.8 Å². The van der Waals surface area contributed by atoms with Crippen LogP contribution in [0.15, 0.2) is 17.5 Å². The van der Waals surface area contributed by atoms with Crippen molar-refractivity contribution in [3.63, 3.8) is 0 Å². The third-order valence-electron chi connectivity index (χ3n) is 2.65. The smallest absolute Gasteiger partial charge is 0.220 e. The number of amides is 1. The molecule has 1 heterocycles. The number of nitrogens with one attached hydrogen (secondary N) is 1. The third-order valence-corrected chi connectivity index (χ3v) is 3.53. The molecule has 1 aromatic rings. The van der Waals surface area contributed by atoms with Crippen molar-refractivity contribution in [2.24, 2.45) is 17.6 Å². The standard InChI is InChI=1S/C13H22N2OS/c1-10(2)6-11(8-14)7-13(16)15-9-12-4-3-5-17-12/h3-5,10-11H,6-9,14H2,1-2H3,(H,15,16)/t11-/m0/s1. The van der Waals surface area contributed by atoms with Crippen LogP contribution in [-0.4, -0.2) is 12.5 Å². The van der Waals surface area contributed by atoms with Gasteiger partial charge in [-0.3, -0.25) is 4.79 Å². The summed E-state index contributed by atoms with van der Waals surface area (Å²) in [4.78, 5) is 12.9. The molecule has 0 aliphatic heterocycles. The van der Waals surface area contributed by atoms with E-state index >= 15 is 0 Å². The largest absolute Gasteiger partial charge is 0.351 e. The Morgan fingerprint density at radius 2 is 2.29 bits per heavy atom. The zero-order valence-corrected chi connectivity index (χ0v) is 11.4. The lowest BCUT2D eigenvalue weighted by molar-refractivity contribution is -0.122. The molecule has 0 radical (unpaired) electrons. The van der Waals surface area contributed by atoms with Crippen LogP contribution in [0.1, 0.15) is 31.6 Å². The summed E-state index contributed by atoms with van der Waals surface area (Å²) < 4.78 is 0. The van der Waals surface area contributed by atoms with E-state index in [9.17, 15) is 4.79 Å². The van der Waals surface area contributed by atoms with E-state index < -0.39 is 0 Å². The van der Waals surface area contributed by atoms with Gasteiger partial charge in [-0.2, -0.15) is 0 Å². The average Bonchev–Trinajstić information content (AvgIpc) is 2.77. The highest BCUT2D eigenvalue weighted by Gasteiger charge is 2.13. The van der Waals surface area contributed by atoms with Crippen LogP contribution >= 0.6 is 11.3 Å². The molecule has 0 saturated carbocycles. The van der Waals surface area contributed by atoms with Crippen LogP contribution in [0.5, 0.6) is 0 Å². The molecule has 3 N–H and O–H groups in total. The van der Waals surface area contributed by atoms with Crippen LogP contribution in [0.25, 0.3) is 0 Å². The minimum Gasteiger partial charge on any atom is -0.351 e. The minimum absolute atomic E-state index is 0.106. The maximum absolute atomic E-state index is 11.7. The molecular weight excluding hydrogens is 232 g/mol. The highest BCUT2D eigenvalue weighted by atomic mass is 32.1. The lowest BCUT2D eigenvalue weighted by Gasteiger charge is -2.16. The fraction of sp³-hybridized carbons (Fsp3) is 0.615. The molecule has 0 aliphatic carbocycles. The average molecular weight is 254 g/mol. The molecule has 0 fully saturated rings. The zero-order valence-electron chi connectivity index (χ0n) is 10.6. The molecule has 17 heavy (non-hydrogen) atoms. The van der Waals surface area contributed by atoms with Gasteiger partial charge in [0, 0.05) is 11.3 Å². The van der Waals surface area contributed by atoms with Crippen LogP contribution in [-0.2, 0) is 11.3 Å². The van der Waals surface area contributed by atoms with Crippen molar-refractivity contribution < 1.29 is 4.79 Å². The molecule has 1 rings (SSSR count). The molecule has 1 atom stereocenters. The molecule has 0 unspecified atom stereocenters. The van der Waals surface area contributed by atoms with E-state index in [0.29, 0.717) is 31.3 Å². The summed E-state index contributed by atoms with van der Waals surface area (Å²) in [6, 6.07) is 4.02. The number of hydrogen-bond donors (Lipinski definition) is 2. The van der Waals surface area contributed by atoms with Gasteiger partial charge in [0.15, 0.2) is 0 Å². The molecule has 1 aromatic heterocycles. The van der Waals surface area contributed by atoms with E-state index in [-0.39, 0.29) is 5.91 Å². The van der Waals surface area contributed by atoms with E-state index in [4.69, 9.17) is 5.73 Å². The first kappa shape index (κ1) is 14.2. The first-order valence-corrected chi connectivity index (χ1v) is 6.99.